The van der Waals surface area contributed by atoms with Crippen molar-refractivity contribution in [2.24, 2.45) is 0 Å². The Kier molecular flexibility index (Phi) is 3.71. The largest absolute Gasteiger partial charge is 0.375 e. The van der Waals surface area contributed by atoms with Crippen LogP contribution < -0.4 is 5.73 Å². The molecule has 1 aliphatic carbocycles. The number of allylic oxidation sites excluding steroid dienone is 3. The van der Waals surface area contributed by atoms with Crippen LogP contribution in [0, 0.1) is 17.9 Å². The molecule has 0 saturated carbocycles. The predicted octanol–water partition coefficient (Wildman–Crippen LogP) is 3.81. The number of carbonyl (C=O) groups excluding carboxylic acids is 1. The van der Waals surface area contributed by atoms with E-state index in [-0.39, 0.29) is 27.3 Å². The van der Waals surface area contributed by atoms with E-state index in [1.54, 1.807) is 24.3 Å². The number of nitrogens with two attached hydrogens (primary N) is 1. The number of hydrogen-bond donors (Lipinski definition) is 1. The number of Topliss-reactive ketones (excluding diaryl/α,β-unsaturated/α-hetero) is 1. The fourth-order valence-electron chi connectivity index (χ4n) is 2.38. The second-order valence-electron chi connectivity index (χ2n) is 4.59. The molecule has 0 bridgehead atoms. The molecule has 23 heavy (non-hydrogen) atoms. The first kappa shape index (κ1) is 15.0. The number of ketones is 1. The van der Waals surface area contributed by atoms with Gasteiger partial charge >= 0.3 is 0 Å². The number of fused-ring (bicyclic) bond motifs is 1. The zero-order chi connectivity index (χ0) is 16.6. The van der Waals surface area contributed by atoms with E-state index in [4.69, 9.17) is 23.9 Å². The number of hydrogen-bond acceptors (Lipinski definition) is 5. The molecule has 7 heteroatoms. The Balaban J connectivity index is 2.31. The van der Waals surface area contributed by atoms with Crippen molar-refractivity contribution in [1.29, 1.82) is 5.26 Å². The lowest BCUT2D eigenvalue weighted by Gasteiger charge is -2.01. The molecule has 0 spiro atoms. The molecule has 2 N–H and O–H groups in total. The zero-order valence-corrected chi connectivity index (χ0v) is 13.1. The number of carbonyl (C=O) groups is 1. The first-order valence-electron chi connectivity index (χ1n) is 6.36. The van der Waals surface area contributed by atoms with Crippen LogP contribution in [0.15, 0.2) is 35.5 Å². The number of anilines is 1. The maximum absolute atomic E-state index is 12.7. The molecule has 1 aromatic carbocycles. The fraction of sp³-hybridized carbons (Fsp3) is 0. The lowest BCUT2D eigenvalue weighted by Crippen LogP contribution is -1.95. The van der Waals surface area contributed by atoms with Crippen molar-refractivity contribution < 1.29 is 4.79 Å². The van der Waals surface area contributed by atoms with Crippen LogP contribution in [0.4, 0.5) is 5.13 Å². The second-order valence-corrected chi connectivity index (χ2v) is 6.01. The number of nitrogens with zero attached hydrogens (tertiary/aromatic N) is 3. The van der Waals surface area contributed by atoms with E-state index in [1.165, 1.54) is 6.08 Å². The van der Waals surface area contributed by atoms with Crippen molar-refractivity contribution in [2.45, 2.75) is 0 Å². The molecule has 1 aliphatic rings. The minimum Gasteiger partial charge on any atom is -0.375 e. The van der Waals surface area contributed by atoms with Crippen LogP contribution in [0.1, 0.15) is 20.8 Å². The highest BCUT2D eigenvalue weighted by Gasteiger charge is 2.32. The standard InChI is InChI=1S/C16H7ClN4OS/c1-20-11(7-18)13-8-4-2-3-5-9(8)14(22)10(13)6-12-15(17)21-16(19)23-12/h2-6H,(H2,19,21)/b10-6?,13-11+. The summed E-state index contributed by atoms with van der Waals surface area (Å²) in [6, 6.07) is 8.73. The molecule has 5 nitrogen and oxygen atoms in total. The van der Waals surface area contributed by atoms with Crippen molar-refractivity contribution in [3.63, 3.8) is 0 Å². The van der Waals surface area contributed by atoms with E-state index in [2.05, 4.69) is 9.83 Å². The summed E-state index contributed by atoms with van der Waals surface area (Å²) in [5.41, 5.74) is 7.09. The molecule has 3 rings (SSSR count). The number of halogens is 1. The van der Waals surface area contributed by atoms with E-state index in [9.17, 15) is 10.1 Å². The van der Waals surface area contributed by atoms with Gasteiger partial charge in [-0.2, -0.15) is 0 Å². The zero-order valence-electron chi connectivity index (χ0n) is 11.5. The van der Waals surface area contributed by atoms with E-state index in [1.807, 2.05) is 6.07 Å². The van der Waals surface area contributed by atoms with Gasteiger partial charge in [-0.05, 0) is 11.6 Å². The van der Waals surface area contributed by atoms with Gasteiger partial charge in [-0.3, -0.25) is 4.79 Å². The van der Waals surface area contributed by atoms with E-state index < -0.39 is 0 Å². The Labute approximate surface area is 140 Å². The number of nitriles is 1. The lowest BCUT2D eigenvalue weighted by atomic mass is 10.0. The van der Waals surface area contributed by atoms with Crippen LogP contribution in [-0.4, -0.2) is 10.8 Å². The van der Waals surface area contributed by atoms with Crippen molar-refractivity contribution in [2.75, 3.05) is 5.73 Å². The number of aromatic nitrogens is 1. The molecule has 0 fully saturated rings. The summed E-state index contributed by atoms with van der Waals surface area (Å²) in [6.07, 6.45) is 1.54. The van der Waals surface area contributed by atoms with E-state index >= 15 is 0 Å². The van der Waals surface area contributed by atoms with Gasteiger partial charge in [0, 0.05) is 16.7 Å². The molecule has 110 valence electrons. The molecule has 1 heterocycles. The second kappa shape index (κ2) is 5.69. The number of thiazole rings is 1. The first-order chi connectivity index (χ1) is 11.1. The van der Waals surface area contributed by atoms with Gasteiger partial charge in [-0.15, -0.1) is 0 Å². The third kappa shape index (κ3) is 2.40. The third-order valence-corrected chi connectivity index (χ3v) is 4.54. The van der Waals surface area contributed by atoms with Gasteiger partial charge in [0.25, 0.3) is 5.70 Å². The van der Waals surface area contributed by atoms with Gasteiger partial charge in [-0.1, -0.05) is 47.2 Å². The van der Waals surface area contributed by atoms with Crippen LogP contribution in [0.25, 0.3) is 16.5 Å². The summed E-state index contributed by atoms with van der Waals surface area (Å²) >= 11 is 7.13. The Morgan fingerprint density at radius 2 is 2.13 bits per heavy atom. The Morgan fingerprint density at radius 1 is 1.43 bits per heavy atom. The minimum absolute atomic E-state index is 0.136. The van der Waals surface area contributed by atoms with Crippen LogP contribution in [0.5, 0.6) is 0 Å². The molecular formula is C16H7ClN4OS. The normalized spacial score (nSPS) is 16.8. The molecule has 2 aromatic rings. The van der Waals surface area contributed by atoms with E-state index in [0.717, 1.165) is 11.3 Å². The maximum atomic E-state index is 12.7. The Hall–Kier alpha value is -2.93. The average Bonchev–Trinajstić information content (AvgIpc) is 3.00. The summed E-state index contributed by atoms with van der Waals surface area (Å²) in [7, 11) is 0. The molecule has 1 aromatic heterocycles. The van der Waals surface area contributed by atoms with Gasteiger partial charge in [0.1, 0.15) is 5.15 Å². The highest BCUT2D eigenvalue weighted by molar-refractivity contribution is 7.16. The SMILES string of the molecule is [C-]#[N+]/C(C#N)=C1/C(=Cc2sc(N)nc2Cl)C(=O)c2ccccc21. The Morgan fingerprint density at radius 3 is 2.70 bits per heavy atom. The minimum atomic E-state index is -0.255. The summed E-state index contributed by atoms with van der Waals surface area (Å²) < 4.78 is 0. The monoisotopic (exact) mass is 338 g/mol. The van der Waals surface area contributed by atoms with Crippen molar-refractivity contribution in [3.8, 4) is 6.07 Å². The molecule has 0 amide bonds. The summed E-state index contributed by atoms with van der Waals surface area (Å²) in [5, 5.41) is 9.69. The molecule has 0 radical (unpaired) electrons. The molecule has 0 unspecified atom stereocenters. The van der Waals surface area contributed by atoms with Gasteiger partial charge in [0.15, 0.2) is 10.9 Å². The van der Waals surface area contributed by atoms with Gasteiger partial charge < -0.3 is 5.73 Å². The number of benzene rings is 1. The molecule has 0 saturated heterocycles. The highest BCUT2D eigenvalue weighted by atomic mass is 35.5. The van der Waals surface area contributed by atoms with Crippen molar-refractivity contribution in [1.82, 2.24) is 4.98 Å². The molecule has 0 aliphatic heterocycles. The smallest absolute Gasteiger partial charge is 0.270 e. The van der Waals surface area contributed by atoms with Gasteiger partial charge in [-0.25, -0.2) is 15.1 Å². The first-order valence-corrected chi connectivity index (χ1v) is 7.56. The molecular weight excluding hydrogens is 332 g/mol. The van der Waals surface area contributed by atoms with Crippen LogP contribution in [-0.2, 0) is 0 Å². The predicted molar refractivity (Wildman–Crippen MR) is 89.4 cm³/mol. The summed E-state index contributed by atoms with van der Waals surface area (Å²) in [6.45, 7) is 7.20. The van der Waals surface area contributed by atoms with Gasteiger partial charge in [0.2, 0.25) is 0 Å². The summed E-state index contributed by atoms with van der Waals surface area (Å²) in [4.78, 5) is 20.3. The van der Waals surface area contributed by atoms with Crippen LogP contribution >= 0.6 is 22.9 Å². The molecule has 0 atom stereocenters. The quantitative estimate of drug-likeness (QED) is 0.486. The highest BCUT2D eigenvalue weighted by Crippen LogP contribution is 2.41. The fourth-order valence-corrected chi connectivity index (χ4v) is 3.36. The maximum Gasteiger partial charge on any atom is 0.270 e. The third-order valence-electron chi connectivity index (χ3n) is 3.31. The van der Waals surface area contributed by atoms with Crippen LogP contribution in [0.2, 0.25) is 5.15 Å². The number of rotatable bonds is 1. The Bertz CT molecular complexity index is 972. The van der Waals surface area contributed by atoms with Crippen LogP contribution in [0.3, 0.4) is 0 Å². The van der Waals surface area contributed by atoms with Crippen molar-refractivity contribution >= 4 is 45.5 Å². The van der Waals surface area contributed by atoms with Crippen molar-refractivity contribution in [3.05, 3.63) is 68.1 Å². The number of nitrogen functional groups attached to an aromatic ring is 1. The lowest BCUT2D eigenvalue weighted by molar-refractivity contribution is 0.104. The summed E-state index contributed by atoms with van der Waals surface area (Å²) in [5.74, 6) is -0.255. The van der Waals surface area contributed by atoms with E-state index in [0.29, 0.717) is 21.6 Å². The topological polar surface area (TPSA) is 84.1 Å². The average molecular weight is 339 g/mol. The van der Waals surface area contributed by atoms with Gasteiger partial charge in [0.05, 0.1) is 17.5 Å².